The fourth-order valence-electron chi connectivity index (χ4n) is 5.59. The lowest BCUT2D eigenvalue weighted by Crippen LogP contribution is -2.58. The Hall–Kier alpha value is -2.21. The van der Waals surface area contributed by atoms with Crippen molar-refractivity contribution in [3.63, 3.8) is 0 Å². The molecule has 0 saturated carbocycles. The molecule has 184 valence electrons. The van der Waals surface area contributed by atoms with Crippen LogP contribution in [0.1, 0.15) is 52.4 Å². The fraction of sp³-hybridized carbons (Fsp3) is 0.609. The van der Waals surface area contributed by atoms with E-state index in [9.17, 15) is 9.35 Å². The highest BCUT2D eigenvalue weighted by atomic mass is 32.2. The van der Waals surface area contributed by atoms with Crippen LogP contribution >= 0.6 is 12.0 Å². The maximum atomic E-state index is 15.3. The van der Waals surface area contributed by atoms with E-state index in [2.05, 4.69) is 38.4 Å². The number of hydrogen-bond acceptors (Lipinski definition) is 9. The number of nitrogens with zero attached hydrogens (tertiary/aromatic N) is 3. The number of hydrazine groups is 1. The number of aromatic nitrogens is 2. The molecule has 2 bridgehead atoms. The lowest BCUT2D eigenvalue weighted by atomic mass is 9.81. The summed E-state index contributed by atoms with van der Waals surface area (Å²) >= 11 is 0.610. The minimum Gasteiger partial charge on any atom is -0.367 e. The predicted octanol–water partition coefficient (Wildman–Crippen LogP) is 3.31. The van der Waals surface area contributed by atoms with Crippen molar-refractivity contribution in [3.05, 3.63) is 24.1 Å². The van der Waals surface area contributed by atoms with Gasteiger partial charge in [-0.3, -0.25) is 15.2 Å². The predicted molar refractivity (Wildman–Crippen MR) is 132 cm³/mol. The highest BCUT2D eigenvalue weighted by molar-refractivity contribution is 7.95. The van der Waals surface area contributed by atoms with Crippen LogP contribution in [0.5, 0.6) is 0 Å². The van der Waals surface area contributed by atoms with Crippen molar-refractivity contribution < 1.29 is 13.7 Å². The van der Waals surface area contributed by atoms with Gasteiger partial charge in [-0.15, -0.1) is 0 Å². The lowest BCUT2D eigenvalue weighted by Gasteiger charge is -2.49. The number of nitrogens with one attached hydrogen (secondary N) is 4. The summed E-state index contributed by atoms with van der Waals surface area (Å²) in [5, 5.41) is 6.92. The van der Waals surface area contributed by atoms with Crippen LogP contribution in [0.3, 0.4) is 0 Å². The third-order valence-electron chi connectivity index (χ3n) is 7.18. The normalized spacial score (nSPS) is 29.8. The molecule has 0 spiro atoms. The molecular weight excluding hydrogens is 457 g/mol. The number of rotatable bonds is 6. The van der Waals surface area contributed by atoms with Crippen LogP contribution in [0.4, 0.5) is 16.0 Å². The van der Waals surface area contributed by atoms with E-state index in [0.29, 0.717) is 23.2 Å². The Labute approximate surface area is 202 Å². The number of carbonyl (C=O) groups is 1. The minimum absolute atomic E-state index is 0.00796. The first-order chi connectivity index (χ1) is 16.4. The first-order valence-corrected chi connectivity index (χ1v) is 12.9. The molecule has 0 radical (unpaired) electrons. The molecule has 2 aromatic heterocycles. The Morgan fingerprint density at radius 1 is 1.24 bits per heavy atom. The molecule has 9 nitrogen and oxygen atoms in total. The van der Waals surface area contributed by atoms with Crippen LogP contribution in [0.2, 0.25) is 0 Å². The number of anilines is 2. The van der Waals surface area contributed by atoms with Crippen molar-refractivity contribution in [1.29, 1.82) is 0 Å². The summed E-state index contributed by atoms with van der Waals surface area (Å²) in [5.74, 6) is 0.320. The zero-order chi connectivity index (χ0) is 23.8. The third-order valence-corrected chi connectivity index (χ3v) is 7.70. The minimum atomic E-state index is -0.463. The zero-order valence-electron chi connectivity index (χ0n) is 19.4. The molecule has 5 rings (SSSR count). The number of halogens is 1. The van der Waals surface area contributed by atoms with Gasteiger partial charge in [-0.05, 0) is 64.5 Å². The smallest absolute Gasteiger partial charge is 0.238 e. The number of carbonyl (C=O) groups excluding carboxylic acids is 1. The molecule has 1 amide bonds. The second-order valence-corrected chi connectivity index (χ2v) is 10.6. The molecule has 5 N–H and O–H groups in total. The number of pyridine rings is 2. The summed E-state index contributed by atoms with van der Waals surface area (Å²) in [6, 6.07) is 4.26. The van der Waals surface area contributed by atoms with E-state index in [1.807, 2.05) is 11.0 Å². The summed E-state index contributed by atoms with van der Waals surface area (Å²) in [4.78, 5) is 23.8. The van der Waals surface area contributed by atoms with Gasteiger partial charge in [0, 0.05) is 47.8 Å². The summed E-state index contributed by atoms with van der Waals surface area (Å²) in [6.07, 6.45) is 6.84. The molecule has 34 heavy (non-hydrogen) atoms. The monoisotopic (exact) mass is 489 g/mol. The largest absolute Gasteiger partial charge is 0.367 e. The van der Waals surface area contributed by atoms with Crippen LogP contribution in [0.15, 0.2) is 18.3 Å². The van der Waals surface area contributed by atoms with Gasteiger partial charge in [0.05, 0.1) is 6.17 Å². The van der Waals surface area contributed by atoms with Crippen LogP contribution in [-0.4, -0.2) is 60.9 Å². The van der Waals surface area contributed by atoms with Crippen molar-refractivity contribution in [2.75, 3.05) is 10.6 Å². The Kier molecular flexibility index (Phi) is 6.79. The molecule has 4 unspecified atom stereocenters. The summed E-state index contributed by atoms with van der Waals surface area (Å²) in [5.41, 5.74) is 6.53. The first-order valence-electron chi connectivity index (χ1n) is 12.0. The maximum absolute atomic E-state index is 15.3. The first kappa shape index (κ1) is 23.5. The number of hydrogen-bond donors (Lipinski definition) is 5. The van der Waals surface area contributed by atoms with Crippen LogP contribution in [0.25, 0.3) is 10.9 Å². The lowest BCUT2D eigenvalue weighted by molar-refractivity contribution is -0.140. The van der Waals surface area contributed by atoms with Crippen LogP contribution < -0.4 is 21.5 Å². The average Bonchev–Trinajstić information content (AvgIpc) is 3.25. The van der Waals surface area contributed by atoms with Gasteiger partial charge >= 0.3 is 0 Å². The molecule has 3 aliphatic heterocycles. The van der Waals surface area contributed by atoms with Gasteiger partial charge in [-0.1, -0.05) is 0 Å². The fourth-order valence-corrected chi connectivity index (χ4v) is 5.80. The standard InChI is InChI=1S/C23H32FN7O2S/c1-12-9-18(30-29-12)27-22-19(24)20-17(7-4-8-25-20)21(28-22)26-14-10-15-5-3-6-16(11-14)31(15)23(32)13(2)34-33/h4,7-8,12-16,18,29-30,33H,3,5-6,9-11H2,1-2H3,(H2,26,27,28)/t12?,13?,14?,15-,16+,18?. The molecule has 6 atom stereocenters. The third kappa shape index (κ3) is 4.53. The highest BCUT2D eigenvalue weighted by Gasteiger charge is 2.42. The molecular formula is C23H32FN7O2S. The topological polar surface area (TPSA) is 114 Å². The van der Waals surface area contributed by atoms with Gasteiger partial charge in [-0.25, -0.2) is 14.8 Å². The van der Waals surface area contributed by atoms with Gasteiger partial charge in [0.15, 0.2) is 11.6 Å². The van der Waals surface area contributed by atoms with Gasteiger partial charge in [-0.2, -0.15) is 0 Å². The Morgan fingerprint density at radius 2 is 2.00 bits per heavy atom. The van der Waals surface area contributed by atoms with Crippen LogP contribution in [0, 0.1) is 5.82 Å². The number of fused-ring (bicyclic) bond motifs is 3. The van der Waals surface area contributed by atoms with Crippen molar-refractivity contribution in [2.45, 2.75) is 88.0 Å². The van der Waals surface area contributed by atoms with Crippen molar-refractivity contribution in [3.8, 4) is 0 Å². The maximum Gasteiger partial charge on any atom is 0.238 e. The van der Waals surface area contributed by atoms with E-state index in [1.54, 1.807) is 19.2 Å². The molecule has 3 fully saturated rings. The number of amides is 1. The van der Waals surface area contributed by atoms with E-state index >= 15 is 4.39 Å². The highest BCUT2D eigenvalue weighted by Crippen LogP contribution is 2.37. The van der Waals surface area contributed by atoms with Crippen molar-refractivity contribution >= 4 is 40.5 Å². The summed E-state index contributed by atoms with van der Waals surface area (Å²) in [6.45, 7) is 3.81. The SMILES string of the molecule is CC1CC(Nc2nc(NC3C[C@H]4CCC[C@@H](C3)N4C(=O)C(C)SO)c3cccnc3c2F)NN1. The molecule has 3 aliphatic rings. The van der Waals surface area contributed by atoms with E-state index in [0.717, 1.165) is 38.5 Å². The molecule has 11 heteroatoms. The van der Waals surface area contributed by atoms with E-state index in [4.69, 9.17) is 0 Å². The molecule has 0 aromatic carbocycles. The second-order valence-electron chi connectivity index (χ2n) is 9.69. The molecule has 2 aromatic rings. The van der Waals surface area contributed by atoms with E-state index in [-0.39, 0.29) is 47.6 Å². The summed E-state index contributed by atoms with van der Waals surface area (Å²) in [7, 11) is 0. The van der Waals surface area contributed by atoms with Gasteiger partial charge in [0.1, 0.15) is 16.6 Å². The quantitative estimate of drug-likeness (QED) is 0.390. The zero-order valence-corrected chi connectivity index (χ0v) is 20.2. The van der Waals surface area contributed by atoms with E-state index in [1.165, 1.54) is 0 Å². The molecule has 3 saturated heterocycles. The molecule has 0 aliphatic carbocycles. The van der Waals surface area contributed by atoms with Crippen molar-refractivity contribution in [1.82, 2.24) is 25.7 Å². The van der Waals surface area contributed by atoms with Gasteiger partial charge in [0.2, 0.25) is 5.91 Å². The van der Waals surface area contributed by atoms with E-state index < -0.39 is 11.1 Å². The summed E-state index contributed by atoms with van der Waals surface area (Å²) < 4.78 is 24.7. The van der Waals surface area contributed by atoms with Gasteiger partial charge in [0.25, 0.3) is 0 Å². The number of piperidine rings is 2. The second kappa shape index (κ2) is 9.80. The molecule has 5 heterocycles. The Bertz CT molecular complexity index is 1050. The van der Waals surface area contributed by atoms with Crippen molar-refractivity contribution in [2.24, 2.45) is 0 Å². The Morgan fingerprint density at radius 3 is 2.68 bits per heavy atom. The van der Waals surface area contributed by atoms with Crippen LogP contribution in [-0.2, 0) is 4.79 Å². The van der Waals surface area contributed by atoms with Gasteiger partial charge < -0.3 is 20.1 Å². The average molecular weight is 490 g/mol. The Balaban J connectivity index is 1.39.